The van der Waals surface area contributed by atoms with Gasteiger partial charge in [-0.15, -0.1) is 11.3 Å². The molecule has 0 aromatic carbocycles. The highest BCUT2D eigenvalue weighted by Crippen LogP contribution is 2.31. The molecule has 0 aliphatic carbocycles. The lowest BCUT2D eigenvalue weighted by atomic mass is 10.1. The van der Waals surface area contributed by atoms with Gasteiger partial charge in [-0.25, -0.2) is 4.98 Å². The molecule has 0 aliphatic heterocycles. The summed E-state index contributed by atoms with van der Waals surface area (Å²) in [7, 11) is 0. The van der Waals surface area contributed by atoms with Gasteiger partial charge in [0, 0.05) is 0 Å². The molecule has 0 fully saturated rings. The monoisotopic (exact) mass is 193 g/mol. The van der Waals surface area contributed by atoms with Crippen molar-refractivity contribution in [1.29, 1.82) is 0 Å². The van der Waals surface area contributed by atoms with Crippen LogP contribution >= 0.6 is 11.3 Å². The molecule has 0 saturated carbocycles. The summed E-state index contributed by atoms with van der Waals surface area (Å²) in [5, 5.41) is 2.04. The van der Waals surface area contributed by atoms with Gasteiger partial charge in [0.15, 0.2) is 12.2 Å². The normalized spacial score (nSPS) is 11.0. The minimum Gasteiger partial charge on any atom is -0.442 e. The van der Waals surface area contributed by atoms with Crippen molar-refractivity contribution in [1.82, 2.24) is 4.98 Å². The number of hydrogen-bond donors (Lipinski definition) is 0. The predicted octanol–water partition coefficient (Wildman–Crippen LogP) is 3.53. The van der Waals surface area contributed by atoms with E-state index < -0.39 is 0 Å². The van der Waals surface area contributed by atoms with E-state index in [1.807, 2.05) is 11.4 Å². The lowest BCUT2D eigenvalue weighted by molar-refractivity contribution is 0.571. The van der Waals surface area contributed by atoms with Crippen molar-refractivity contribution in [2.75, 3.05) is 0 Å². The zero-order valence-electron chi connectivity index (χ0n) is 7.65. The second-order valence-electron chi connectivity index (χ2n) is 3.20. The van der Waals surface area contributed by atoms with Gasteiger partial charge < -0.3 is 4.42 Å². The SMILES string of the molecule is CC(C)c1ncoc1-c1cccs1. The summed E-state index contributed by atoms with van der Waals surface area (Å²) < 4.78 is 5.37. The van der Waals surface area contributed by atoms with E-state index in [4.69, 9.17) is 4.42 Å². The van der Waals surface area contributed by atoms with Gasteiger partial charge in [0.05, 0.1) is 10.6 Å². The molecule has 2 heterocycles. The van der Waals surface area contributed by atoms with Gasteiger partial charge in [0.25, 0.3) is 0 Å². The van der Waals surface area contributed by atoms with E-state index in [1.54, 1.807) is 11.3 Å². The fourth-order valence-electron chi connectivity index (χ4n) is 1.26. The third-order valence-corrected chi connectivity index (χ3v) is 2.76. The van der Waals surface area contributed by atoms with Crippen molar-refractivity contribution < 1.29 is 4.42 Å². The van der Waals surface area contributed by atoms with Crippen LogP contribution in [0.2, 0.25) is 0 Å². The standard InChI is InChI=1S/C10H11NOS/c1-7(2)9-10(12-6-11-9)8-4-3-5-13-8/h3-7H,1-2H3. The molecule has 0 atom stereocenters. The van der Waals surface area contributed by atoms with Crippen molar-refractivity contribution in [3.8, 4) is 10.6 Å². The molecule has 2 aromatic rings. The Morgan fingerprint density at radius 2 is 2.31 bits per heavy atom. The van der Waals surface area contributed by atoms with Gasteiger partial charge >= 0.3 is 0 Å². The maximum absolute atomic E-state index is 5.37. The summed E-state index contributed by atoms with van der Waals surface area (Å²) in [6.07, 6.45) is 1.52. The van der Waals surface area contributed by atoms with E-state index in [2.05, 4.69) is 24.9 Å². The van der Waals surface area contributed by atoms with Gasteiger partial charge in [0.2, 0.25) is 0 Å². The Morgan fingerprint density at radius 1 is 1.46 bits per heavy atom. The summed E-state index contributed by atoms with van der Waals surface area (Å²) in [4.78, 5) is 5.37. The Balaban J connectivity index is 2.46. The van der Waals surface area contributed by atoms with E-state index >= 15 is 0 Å². The van der Waals surface area contributed by atoms with Crippen LogP contribution in [-0.2, 0) is 0 Å². The first-order valence-corrected chi connectivity index (χ1v) is 5.14. The van der Waals surface area contributed by atoms with Crippen molar-refractivity contribution in [3.05, 3.63) is 29.6 Å². The van der Waals surface area contributed by atoms with Crippen LogP contribution < -0.4 is 0 Å². The number of oxazole rings is 1. The molecule has 2 nitrogen and oxygen atoms in total. The Labute approximate surface area is 81.2 Å². The van der Waals surface area contributed by atoms with E-state index in [9.17, 15) is 0 Å². The van der Waals surface area contributed by atoms with Gasteiger partial charge in [-0.05, 0) is 17.4 Å². The summed E-state index contributed by atoms with van der Waals surface area (Å²) in [5.41, 5.74) is 1.04. The highest BCUT2D eigenvalue weighted by molar-refractivity contribution is 7.13. The minimum atomic E-state index is 0.413. The van der Waals surface area contributed by atoms with Gasteiger partial charge in [0.1, 0.15) is 0 Å². The number of rotatable bonds is 2. The minimum absolute atomic E-state index is 0.413. The lowest BCUT2D eigenvalue weighted by Gasteiger charge is -2.00. The third-order valence-electron chi connectivity index (χ3n) is 1.89. The molecule has 2 aromatic heterocycles. The summed E-state index contributed by atoms with van der Waals surface area (Å²) >= 11 is 1.68. The van der Waals surface area contributed by atoms with E-state index in [-0.39, 0.29) is 0 Å². The molecule has 0 unspecified atom stereocenters. The van der Waals surface area contributed by atoms with E-state index in [0.29, 0.717) is 5.92 Å². The average molecular weight is 193 g/mol. The van der Waals surface area contributed by atoms with E-state index in [0.717, 1.165) is 16.3 Å². The molecule has 0 N–H and O–H groups in total. The fraction of sp³-hybridized carbons (Fsp3) is 0.300. The van der Waals surface area contributed by atoms with Crippen LogP contribution in [0.5, 0.6) is 0 Å². The quantitative estimate of drug-likeness (QED) is 0.729. The van der Waals surface area contributed by atoms with Crippen molar-refractivity contribution >= 4 is 11.3 Å². The third kappa shape index (κ3) is 1.52. The Kier molecular flexibility index (Phi) is 2.19. The topological polar surface area (TPSA) is 26.0 Å². The van der Waals surface area contributed by atoms with Crippen LogP contribution in [0.3, 0.4) is 0 Å². The second kappa shape index (κ2) is 3.34. The maximum atomic E-state index is 5.37. The molecular formula is C10H11NOS. The smallest absolute Gasteiger partial charge is 0.181 e. The van der Waals surface area contributed by atoms with Crippen LogP contribution in [0.1, 0.15) is 25.5 Å². The van der Waals surface area contributed by atoms with Crippen LogP contribution in [0.4, 0.5) is 0 Å². The zero-order chi connectivity index (χ0) is 9.26. The summed E-state index contributed by atoms with van der Waals surface area (Å²) in [5.74, 6) is 1.33. The second-order valence-corrected chi connectivity index (χ2v) is 4.15. The Morgan fingerprint density at radius 3 is 2.92 bits per heavy atom. The molecule has 0 bridgehead atoms. The molecule has 3 heteroatoms. The van der Waals surface area contributed by atoms with Crippen LogP contribution in [0, 0.1) is 0 Å². The van der Waals surface area contributed by atoms with Crippen molar-refractivity contribution in [2.24, 2.45) is 0 Å². The van der Waals surface area contributed by atoms with Gasteiger partial charge in [-0.3, -0.25) is 0 Å². The van der Waals surface area contributed by atoms with Crippen molar-refractivity contribution in [3.63, 3.8) is 0 Å². The Hall–Kier alpha value is -1.09. The number of nitrogens with zero attached hydrogens (tertiary/aromatic N) is 1. The van der Waals surface area contributed by atoms with Crippen LogP contribution in [-0.4, -0.2) is 4.98 Å². The molecule has 0 saturated heterocycles. The van der Waals surface area contributed by atoms with Crippen LogP contribution in [0.15, 0.2) is 28.3 Å². The molecule has 0 radical (unpaired) electrons. The van der Waals surface area contributed by atoms with E-state index in [1.165, 1.54) is 6.39 Å². The number of thiophene rings is 1. The molecule has 0 aliphatic rings. The summed E-state index contributed by atoms with van der Waals surface area (Å²) in [6, 6.07) is 4.07. The first kappa shape index (κ1) is 8.51. The predicted molar refractivity (Wildman–Crippen MR) is 53.9 cm³/mol. The summed E-state index contributed by atoms with van der Waals surface area (Å²) in [6.45, 7) is 4.24. The highest BCUT2D eigenvalue weighted by Gasteiger charge is 2.13. The largest absolute Gasteiger partial charge is 0.442 e. The molecule has 0 amide bonds. The molecule has 0 spiro atoms. The zero-order valence-corrected chi connectivity index (χ0v) is 8.47. The van der Waals surface area contributed by atoms with Crippen molar-refractivity contribution in [2.45, 2.75) is 19.8 Å². The fourth-order valence-corrected chi connectivity index (χ4v) is 1.98. The van der Waals surface area contributed by atoms with Gasteiger partial charge in [-0.2, -0.15) is 0 Å². The molecule has 13 heavy (non-hydrogen) atoms. The highest BCUT2D eigenvalue weighted by atomic mass is 32.1. The number of aromatic nitrogens is 1. The first-order valence-electron chi connectivity index (χ1n) is 4.26. The Bertz CT molecular complexity index is 375. The number of hydrogen-bond acceptors (Lipinski definition) is 3. The van der Waals surface area contributed by atoms with Gasteiger partial charge in [-0.1, -0.05) is 19.9 Å². The average Bonchev–Trinajstić information content (AvgIpc) is 2.74. The molecule has 68 valence electrons. The first-order chi connectivity index (χ1) is 6.29. The maximum Gasteiger partial charge on any atom is 0.181 e. The van der Waals surface area contributed by atoms with Crippen LogP contribution in [0.25, 0.3) is 10.6 Å². The molecule has 2 rings (SSSR count). The molecular weight excluding hydrogens is 182 g/mol. The lowest BCUT2D eigenvalue weighted by Crippen LogP contribution is -1.88.